The first-order valence-corrected chi connectivity index (χ1v) is 10.2. The standard InChI is InChI=1S/C26H26N4/c1-18-10-12-23(13-11-18)27-26-29-24(16-21-8-4-6-19(2)14-21)28-25(30-26)17-22-9-5-7-20(3)15-22/h4-15H,16-17H2,1-3H3,(H,27,28,29,30). The van der Waals surface area contributed by atoms with Crippen molar-refractivity contribution in [1.82, 2.24) is 15.0 Å². The van der Waals surface area contributed by atoms with Gasteiger partial charge < -0.3 is 5.32 Å². The lowest BCUT2D eigenvalue weighted by atomic mass is 10.1. The second kappa shape index (κ2) is 8.87. The van der Waals surface area contributed by atoms with E-state index in [1.807, 2.05) is 12.1 Å². The van der Waals surface area contributed by atoms with Crippen molar-refractivity contribution >= 4 is 11.6 Å². The van der Waals surface area contributed by atoms with Crippen LogP contribution >= 0.6 is 0 Å². The maximum Gasteiger partial charge on any atom is 0.230 e. The molecule has 1 aromatic heterocycles. The van der Waals surface area contributed by atoms with Gasteiger partial charge in [0.25, 0.3) is 0 Å². The van der Waals surface area contributed by atoms with Crippen LogP contribution in [0.25, 0.3) is 0 Å². The summed E-state index contributed by atoms with van der Waals surface area (Å²) in [5.74, 6) is 2.12. The zero-order chi connectivity index (χ0) is 20.9. The van der Waals surface area contributed by atoms with E-state index < -0.39 is 0 Å². The van der Waals surface area contributed by atoms with E-state index in [0.29, 0.717) is 18.8 Å². The van der Waals surface area contributed by atoms with Crippen molar-refractivity contribution in [3.05, 3.63) is 112 Å². The molecule has 4 heteroatoms. The molecule has 0 spiro atoms. The minimum Gasteiger partial charge on any atom is -0.324 e. The molecule has 3 aromatic carbocycles. The van der Waals surface area contributed by atoms with E-state index >= 15 is 0 Å². The molecule has 4 nitrogen and oxygen atoms in total. The van der Waals surface area contributed by atoms with E-state index in [-0.39, 0.29) is 0 Å². The van der Waals surface area contributed by atoms with Crippen LogP contribution in [0.5, 0.6) is 0 Å². The Balaban J connectivity index is 1.66. The molecule has 0 aliphatic rings. The quantitative estimate of drug-likeness (QED) is 0.454. The van der Waals surface area contributed by atoms with Crippen LogP contribution in [0.4, 0.5) is 11.6 Å². The maximum atomic E-state index is 4.78. The molecule has 150 valence electrons. The molecule has 0 amide bonds. The summed E-state index contributed by atoms with van der Waals surface area (Å²) in [6.45, 7) is 6.28. The van der Waals surface area contributed by atoms with Crippen LogP contribution < -0.4 is 5.32 Å². The highest BCUT2D eigenvalue weighted by Gasteiger charge is 2.09. The highest BCUT2D eigenvalue weighted by Crippen LogP contribution is 2.17. The van der Waals surface area contributed by atoms with Gasteiger partial charge in [-0.1, -0.05) is 77.4 Å². The van der Waals surface area contributed by atoms with Gasteiger partial charge in [0, 0.05) is 18.5 Å². The number of benzene rings is 3. The van der Waals surface area contributed by atoms with Gasteiger partial charge in [-0.25, -0.2) is 4.98 Å². The van der Waals surface area contributed by atoms with E-state index in [1.54, 1.807) is 0 Å². The molecule has 0 unspecified atom stereocenters. The Morgan fingerprint density at radius 3 is 1.63 bits per heavy atom. The summed E-state index contributed by atoms with van der Waals surface area (Å²) in [6.07, 6.45) is 1.35. The Morgan fingerprint density at radius 2 is 1.13 bits per heavy atom. The van der Waals surface area contributed by atoms with Crippen LogP contribution in [0.1, 0.15) is 39.5 Å². The molecule has 0 bridgehead atoms. The predicted molar refractivity (Wildman–Crippen MR) is 122 cm³/mol. The zero-order valence-corrected chi connectivity index (χ0v) is 17.7. The van der Waals surface area contributed by atoms with Crippen LogP contribution in [0.2, 0.25) is 0 Å². The summed E-state index contributed by atoms with van der Waals surface area (Å²) < 4.78 is 0. The molecule has 1 N–H and O–H groups in total. The van der Waals surface area contributed by atoms with Gasteiger partial charge in [-0.2, -0.15) is 9.97 Å². The number of hydrogen-bond acceptors (Lipinski definition) is 4. The van der Waals surface area contributed by atoms with E-state index in [0.717, 1.165) is 17.3 Å². The molecule has 0 fully saturated rings. The lowest BCUT2D eigenvalue weighted by Gasteiger charge is -2.10. The first kappa shape index (κ1) is 19.8. The molecule has 30 heavy (non-hydrogen) atoms. The van der Waals surface area contributed by atoms with Gasteiger partial charge in [0.1, 0.15) is 11.6 Å². The number of anilines is 2. The van der Waals surface area contributed by atoms with E-state index in [1.165, 1.54) is 27.8 Å². The second-order valence-corrected chi connectivity index (χ2v) is 7.81. The fourth-order valence-corrected chi connectivity index (χ4v) is 3.46. The third-order valence-corrected chi connectivity index (χ3v) is 4.93. The van der Waals surface area contributed by atoms with Gasteiger partial charge in [-0.3, -0.25) is 0 Å². The number of aryl methyl sites for hydroxylation is 3. The summed E-state index contributed by atoms with van der Waals surface area (Å²) in [5.41, 5.74) is 7.05. The van der Waals surface area contributed by atoms with Gasteiger partial charge in [-0.15, -0.1) is 0 Å². The monoisotopic (exact) mass is 394 g/mol. The average Bonchev–Trinajstić information content (AvgIpc) is 2.70. The van der Waals surface area contributed by atoms with Crippen molar-refractivity contribution < 1.29 is 0 Å². The first-order valence-electron chi connectivity index (χ1n) is 10.2. The molecule has 0 saturated carbocycles. The molecule has 0 atom stereocenters. The molecule has 4 rings (SSSR count). The maximum absolute atomic E-state index is 4.78. The zero-order valence-electron chi connectivity index (χ0n) is 17.7. The Morgan fingerprint density at radius 1 is 0.600 bits per heavy atom. The van der Waals surface area contributed by atoms with Gasteiger partial charge in [0.15, 0.2) is 0 Å². The highest BCUT2D eigenvalue weighted by molar-refractivity contribution is 5.53. The Kier molecular flexibility index (Phi) is 5.84. The number of rotatable bonds is 6. The Hall–Kier alpha value is -3.53. The third kappa shape index (κ3) is 5.29. The van der Waals surface area contributed by atoms with Crippen LogP contribution in [0, 0.1) is 20.8 Å². The van der Waals surface area contributed by atoms with Crippen molar-refractivity contribution in [2.45, 2.75) is 33.6 Å². The van der Waals surface area contributed by atoms with Gasteiger partial charge in [-0.05, 0) is 44.0 Å². The number of aromatic nitrogens is 3. The van der Waals surface area contributed by atoms with Gasteiger partial charge in [0.2, 0.25) is 5.95 Å². The Labute approximate surface area is 178 Å². The molecule has 0 aliphatic heterocycles. The summed E-state index contributed by atoms with van der Waals surface area (Å²) in [5, 5.41) is 3.34. The molecular weight excluding hydrogens is 368 g/mol. The molecular formula is C26H26N4. The van der Waals surface area contributed by atoms with Crippen molar-refractivity contribution in [2.24, 2.45) is 0 Å². The predicted octanol–water partition coefficient (Wildman–Crippen LogP) is 5.72. The molecule has 4 aromatic rings. The van der Waals surface area contributed by atoms with Crippen LogP contribution in [-0.4, -0.2) is 15.0 Å². The smallest absolute Gasteiger partial charge is 0.230 e. The first-order chi connectivity index (χ1) is 14.5. The number of nitrogens with one attached hydrogen (secondary N) is 1. The summed E-state index contributed by atoms with van der Waals surface area (Å²) in [7, 11) is 0. The molecule has 0 saturated heterocycles. The van der Waals surface area contributed by atoms with E-state index in [9.17, 15) is 0 Å². The van der Waals surface area contributed by atoms with E-state index in [2.05, 4.69) is 86.8 Å². The summed E-state index contributed by atoms with van der Waals surface area (Å²) >= 11 is 0. The SMILES string of the molecule is Cc1ccc(Nc2nc(Cc3cccc(C)c3)nc(Cc3cccc(C)c3)n2)cc1. The fraction of sp³-hybridized carbons (Fsp3) is 0.192. The molecule has 0 radical (unpaired) electrons. The van der Waals surface area contributed by atoms with E-state index in [4.69, 9.17) is 15.0 Å². The van der Waals surface area contributed by atoms with Crippen LogP contribution in [0.15, 0.2) is 72.8 Å². The molecule has 1 heterocycles. The van der Waals surface area contributed by atoms with Gasteiger partial charge >= 0.3 is 0 Å². The van der Waals surface area contributed by atoms with Crippen LogP contribution in [-0.2, 0) is 12.8 Å². The number of hydrogen-bond donors (Lipinski definition) is 1. The van der Waals surface area contributed by atoms with Gasteiger partial charge in [0.05, 0.1) is 0 Å². The minimum atomic E-state index is 0.583. The second-order valence-electron chi connectivity index (χ2n) is 7.81. The molecule has 0 aliphatic carbocycles. The normalized spacial score (nSPS) is 10.8. The third-order valence-electron chi connectivity index (χ3n) is 4.93. The number of nitrogens with zero attached hydrogens (tertiary/aromatic N) is 3. The lowest BCUT2D eigenvalue weighted by Crippen LogP contribution is -2.09. The minimum absolute atomic E-state index is 0.583. The van der Waals surface area contributed by atoms with Crippen LogP contribution in [0.3, 0.4) is 0 Å². The topological polar surface area (TPSA) is 50.7 Å². The van der Waals surface area contributed by atoms with Crippen molar-refractivity contribution in [3.63, 3.8) is 0 Å². The van der Waals surface area contributed by atoms with Crippen molar-refractivity contribution in [1.29, 1.82) is 0 Å². The summed E-state index contributed by atoms with van der Waals surface area (Å²) in [6, 6.07) is 25.2. The Bertz CT molecular complexity index is 1080. The largest absolute Gasteiger partial charge is 0.324 e. The summed E-state index contributed by atoms with van der Waals surface area (Å²) in [4.78, 5) is 14.2. The lowest BCUT2D eigenvalue weighted by molar-refractivity contribution is 0.855. The average molecular weight is 395 g/mol. The highest BCUT2D eigenvalue weighted by atomic mass is 15.2. The van der Waals surface area contributed by atoms with Crippen molar-refractivity contribution in [2.75, 3.05) is 5.32 Å². The fourth-order valence-electron chi connectivity index (χ4n) is 3.46. The van der Waals surface area contributed by atoms with Crippen molar-refractivity contribution in [3.8, 4) is 0 Å².